The zero-order valence-electron chi connectivity index (χ0n) is 18.7. The van der Waals surface area contributed by atoms with Crippen LogP contribution in [0.5, 0.6) is 0 Å². The number of nitrogens with zero attached hydrogens (tertiary/aromatic N) is 2. The highest BCUT2D eigenvalue weighted by atomic mass is 32.2. The third kappa shape index (κ3) is 4.69. The average molecular weight is 457 g/mol. The van der Waals surface area contributed by atoms with Crippen molar-refractivity contribution >= 4 is 26.6 Å². The lowest BCUT2D eigenvalue weighted by Gasteiger charge is -2.23. The largest absolute Gasteiger partial charge is 0.311 e. The Morgan fingerprint density at radius 1 is 0.848 bits per heavy atom. The molecule has 3 aromatic carbocycles. The molecule has 6 heteroatoms. The van der Waals surface area contributed by atoms with Gasteiger partial charge < -0.3 is 4.57 Å². The van der Waals surface area contributed by atoms with E-state index >= 15 is 0 Å². The normalized spacial score (nSPS) is 11.1. The molecule has 0 bridgehead atoms. The number of sulfonamides is 1. The average Bonchev–Trinajstić information content (AvgIpc) is 2.80. The van der Waals surface area contributed by atoms with E-state index in [-0.39, 0.29) is 17.0 Å². The van der Waals surface area contributed by atoms with Crippen molar-refractivity contribution in [3.63, 3.8) is 0 Å². The molecular weight excluding hydrogens is 432 g/mol. The SMILES string of the molecule is Cc1ccc(C#CCN(c2ccc3c(ccc(=O)n3C)c2)S(=O)(=O)c2ccc(C)cc2)cc1. The molecule has 0 atom stereocenters. The van der Waals surface area contributed by atoms with E-state index in [4.69, 9.17) is 0 Å². The summed E-state index contributed by atoms with van der Waals surface area (Å²) in [4.78, 5) is 12.2. The van der Waals surface area contributed by atoms with Crippen LogP contribution in [0.4, 0.5) is 5.69 Å². The lowest BCUT2D eigenvalue weighted by atomic mass is 10.1. The maximum absolute atomic E-state index is 13.6. The van der Waals surface area contributed by atoms with Crippen LogP contribution in [0.25, 0.3) is 10.9 Å². The fraction of sp³-hybridized carbons (Fsp3) is 0.148. The Hall–Kier alpha value is -3.82. The number of rotatable bonds is 4. The van der Waals surface area contributed by atoms with Crippen molar-refractivity contribution < 1.29 is 8.42 Å². The van der Waals surface area contributed by atoms with Crippen molar-refractivity contribution in [2.24, 2.45) is 7.05 Å². The molecule has 1 aromatic heterocycles. The summed E-state index contributed by atoms with van der Waals surface area (Å²) >= 11 is 0. The van der Waals surface area contributed by atoms with E-state index in [0.717, 1.165) is 27.6 Å². The Balaban J connectivity index is 1.79. The van der Waals surface area contributed by atoms with Gasteiger partial charge in [0.05, 0.1) is 22.6 Å². The van der Waals surface area contributed by atoms with Gasteiger partial charge in [-0.25, -0.2) is 8.42 Å². The van der Waals surface area contributed by atoms with E-state index in [2.05, 4.69) is 11.8 Å². The molecule has 0 saturated carbocycles. The summed E-state index contributed by atoms with van der Waals surface area (Å²) in [5.41, 5.74) is 4.02. The van der Waals surface area contributed by atoms with Gasteiger partial charge in [-0.3, -0.25) is 9.10 Å². The van der Waals surface area contributed by atoms with Crippen LogP contribution in [0.2, 0.25) is 0 Å². The summed E-state index contributed by atoms with van der Waals surface area (Å²) < 4.78 is 30.0. The lowest BCUT2D eigenvalue weighted by Crippen LogP contribution is -2.31. The van der Waals surface area contributed by atoms with E-state index in [1.165, 1.54) is 14.9 Å². The Morgan fingerprint density at radius 3 is 2.15 bits per heavy atom. The number of pyridine rings is 1. The maximum atomic E-state index is 13.6. The van der Waals surface area contributed by atoms with Gasteiger partial charge in [0.15, 0.2) is 0 Å². The molecule has 0 fully saturated rings. The molecule has 0 aliphatic carbocycles. The van der Waals surface area contributed by atoms with Crippen molar-refractivity contribution in [2.45, 2.75) is 18.7 Å². The first kappa shape index (κ1) is 22.4. The molecule has 0 amide bonds. The smallest absolute Gasteiger partial charge is 0.265 e. The first-order valence-electron chi connectivity index (χ1n) is 10.5. The molecule has 0 unspecified atom stereocenters. The second-order valence-electron chi connectivity index (χ2n) is 7.97. The van der Waals surface area contributed by atoms with Gasteiger partial charge in [-0.1, -0.05) is 47.2 Å². The second-order valence-corrected chi connectivity index (χ2v) is 9.83. The van der Waals surface area contributed by atoms with Crippen molar-refractivity contribution in [3.8, 4) is 11.8 Å². The highest BCUT2D eigenvalue weighted by molar-refractivity contribution is 7.92. The van der Waals surface area contributed by atoms with E-state index in [1.54, 1.807) is 55.6 Å². The number of hydrogen-bond donors (Lipinski definition) is 0. The summed E-state index contributed by atoms with van der Waals surface area (Å²) in [6.07, 6.45) is 0. The van der Waals surface area contributed by atoms with E-state index < -0.39 is 10.0 Å². The first-order valence-corrected chi connectivity index (χ1v) is 11.9. The highest BCUT2D eigenvalue weighted by Crippen LogP contribution is 2.27. The summed E-state index contributed by atoms with van der Waals surface area (Å²) in [6, 6.07) is 23.0. The van der Waals surface area contributed by atoms with Gasteiger partial charge in [-0.15, -0.1) is 0 Å². The number of fused-ring (bicyclic) bond motifs is 1. The highest BCUT2D eigenvalue weighted by Gasteiger charge is 2.24. The fourth-order valence-corrected chi connectivity index (χ4v) is 4.89. The minimum Gasteiger partial charge on any atom is -0.311 e. The van der Waals surface area contributed by atoms with Crippen LogP contribution in [-0.2, 0) is 17.1 Å². The first-order chi connectivity index (χ1) is 15.8. The molecule has 0 saturated heterocycles. The molecule has 0 N–H and O–H groups in total. The third-order valence-corrected chi connectivity index (χ3v) is 7.30. The molecule has 33 heavy (non-hydrogen) atoms. The second kappa shape index (κ2) is 8.97. The molecule has 5 nitrogen and oxygen atoms in total. The van der Waals surface area contributed by atoms with Gasteiger partial charge in [0, 0.05) is 24.1 Å². The standard InChI is InChI=1S/C27H24N2O3S/c1-20-6-10-22(11-7-20)5-4-18-29(33(31,32)25-14-8-21(2)9-15-25)24-13-16-26-23(19-24)12-17-27(30)28(26)3/h6-17,19H,18H2,1-3H3. The Bertz CT molecular complexity index is 1540. The zero-order valence-corrected chi connectivity index (χ0v) is 19.6. The summed E-state index contributed by atoms with van der Waals surface area (Å²) in [5.74, 6) is 6.07. The summed E-state index contributed by atoms with van der Waals surface area (Å²) in [5, 5.41) is 0.769. The number of aryl methyl sites for hydroxylation is 3. The molecule has 0 radical (unpaired) electrons. The number of aromatic nitrogens is 1. The van der Waals surface area contributed by atoms with Crippen molar-refractivity contribution in [1.29, 1.82) is 0 Å². The molecular formula is C27H24N2O3S. The van der Waals surface area contributed by atoms with Crippen LogP contribution in [0, 0.1) is 25.7 Å². The molecule has 0 spiro atoms. The minimum absolute atomic E-state index is 0.0125. The predicted octanol–water partition coefficient (Wildman–Crippen LogP) is 4.40. The van der Waals surface area contributed by atoms with Gasteiger partial charge in [0.2, 0.25) is 0 Å². The predicted molar refractivity (Wildman–Crippen MR) is 133 cm³/mol. The number of anilines is 1. The maximum Gasteiger partial charge on any atom is 0.265 e. The number of hydrogen-bond acceptors (Lipinski definition) is 3. The minimum atomic E-state index is -3.86. The van der Waals surface area contributed by atoms with Crippen LogP contribution in [0.1, 0.15) is 16.7 Å². The number of benzene rings is 3. The quantitative estimate of drug-likeness (QED) is 0.428. The van der Waals surface area contributed by atoms with Gasteiger partial charge in [0.25, 0.3) is 15.6 Å². The van der Waals surface area contributed by atoms with Crippen molar-refractivity contribution in [2.75, 3.05) is 10.8 Å². The van der Waals surface area contributed by atoms with Gasteiger partial charge >= 0.3 is 0 Å². The Labute approximate surface area is 194 Å². The van der Waals surface area contributed by atoms with Crippen molar-refractivity contribution in [3.05, 3.63) is 106 Å². The summed E-state index contributed by atoms with van der Waals surface area (Å²) in [7, 11) is -2.16. The van der Waals surface area contributed by atoms with Gasteiger partial charge in [-0.05, 0) is 62.4 Å². The lowest BCUT2D eigenvalue weighted by molar-refractivity contribution is 0.593. The monoisotopic (exact) mass is 456 g/mol. The van der Waals surface area contributed by atoms with E-state index in [1.807, 2.05) is 38.1 Å². The molecule has 4 rings (SSSR count). The van der Waals surface area contributed by atoms with Crippen LogP contribution < -0.4 is 9.86 Å². The molecule has 166 valence electrons. The third-order valence-electron chi connectivity index (χ3n) is 5.51. The van der Waals surface area contributed by atoms with Crippen LogP contribution in [0.3, 0.4) is 0 Å². The van der Waals surface area contributed by atoms with Crippen LogP contribution in [-0.4, -0.2) is 19.5 Å². The molecule has 0 aliphatic rings. The van der Waals surface area contributed by atoms with Crippen LogP contribution >= 0.6 is 0 Å². The fourth-order valence-electron chi connectivity index (χ4n) is 3.53. The van der Waals surface area contributed by atoms with E-state index in [0.29, 0.717) is 5.69 Å². The van der Waals surface area contributed by atoms with Gasteiger partial charge in [-0.2, -0.15) is 0 Å². The molecule has 4 aromatic rings. The Morgan fingerprint density at radius 2 is 1.48 bits per heavy atom. The molecule has 1 heterocycles. The topological polar surface area (TPSA) is 59.4 Å². The Kier molecular flexibility index (Phi) is 6.08. The van der Waals surface area contributed by atoms with E-state index in [9.17, 15) is 13.2 Å². The van der Waals surface area contributed by atoms with Crippen LogP contribution in [0.15, 0.2) is 88.6 Å². The van der Waals surface area contributed by atoms with Crippen molar-refractivity contribution in [1.82, 2.24) is 4.57 Å². The summed E-state index contributed by atoms with van der Waals surface area (Å²) in [6.45, 7) is 3.90. The zero-order chi connectivity index (χ0) is 23.6. The molecule has 0 aliphatic heterocycles. The van der Waals surface area contributed by atoms with Gasteiger partial charge in [0.1, 0.15) is 0 Å².